The number of thioether (sulfide) groups is 1. The number of H-pyrrole nitrogens is 1. The van der Waals surface area contributed by atoms with Crippen LogP contribution in [0.2, 0.25) is 10.0 Å². The monoisotopic (exact) mass is 409 g/mol. The summed E-state index contributed by atoms with van der Waals surface area (Å²) in [6.45, 7) is 1.99. The molecule has 1 aromatic carbocycles. The number of aromatic amines is 1. The van der Waals surface area contributed by atoms with E-state index in [4.69, 9.17) is 28.2 Å². The third kappa shape index (κ3) is 3.37. The minimum absolute atomic E-state index is 0.0657. The summed E-state index contributed by atoms with van der Waals surface area (Å²) in [5.41, 5.74) is 1.54. The Hall–Kier alpha value is -1.17. The van der Waals surface area contributed by atoms with Gasteiger partial charge in [0, 0.05) is 10.0 Å². The van der Waals surface area contributed by atoms with E-state index in [2.05, 4.69) is 5.10 Å². The van der Waals surface area contributed by atoms with Crippen LogP contribution in [-0.2, 0) is 0 Å². The summed E-state index contributed by atoms with van der Waals surface area (Å²) in [6, 6.07) is 5.78. The van der Waals surface area contributed by atoms with Crippen LogP contribution in [0.15, 0.2) is 28.0 Å². The number of fused-ring (bicyclic) bond motifs is 1. The number of nitrogens with one attached hydrogen (secondary N) is 1. The average Bonchev–Trinajstić information content (AvgIpc) is 2.77. The first-order chi connectivity index (χ1) is 12.5. The zero-order chi connectivity index (χ0) is 18.3. The maximum atomic E-state index is 12.9. The van der Waals surface area contributed by atoms with Gasteiger partial charge in [0.05, 0.1) is 21.9 Å². The number of hydrogen-bond donors (Lipinski definition) is 1. The lowest BCUT2D eigenvalue weighted by Gasteiger charge is -2.24. The van der Waals surface area contributed by atoms with Crippen molar-refractivity contribution in [1.29, 1.82) is 0 Å². The average molecular weight is 410 g/mol. The van der Waals surface area contributed by atoms with Gasteiger partial charge in [-0.1, -0.05) is 66.7 Å². The number of rotatable bonds is 2. The Labute approximate surface area is 167 Å². The Morgan fingerprint density at radius 2 is 1.92 bits per heavy atom. The molecule has 138 valence electrons. The third-order valence-corrected chi connectivity index (χ3v) is 6.90. The van der Waals surface area contributed by atoms with Crippen molar-refractivity contribution in [2.45, 2.75) is 56.7 Å². The molecule has 2 aliphatic rings. The number of aromatic nitrogens is 2. The molecule has 2 heterocycles. The number of aliphatic imine (C=N–C) groups is 1. The standard InChI is InChI=1S/C19H21Cl2N3OS/c1-11-22-18-16(17(26-11)14-9-8-12(20)10-15(14)21)19(25)23-24(18)13-6-4-2-3-5-7-13/h8-10,13,17H,2-7H2,1H3,(H,23,25)/t17-/m0/s1. The summed E-state index contributed by atoms with van der Waals surface area (Å²) in [6.07, 6.45) is 7.11. The molecule has 0 amide bonds. The first-order valence-electron chi connectivity index (χ1n) is 9.06. The van der Waals surface area contributed by atoms with Crippen molar-refractivity contribution in [2.24, 2.45) is 4.99 Å². The molecule has 0 spiro atoms. The highest BCUT2D eigenvalue weighted by atomic mass is 35.5. The Kier molecular flexibility index (Phi) is 5.22. The highest BCUT2D eigenvalue weighted by Crippen LogP contribution is 2.47. The summed E-state index contributed by atoms with van der Waals surface area (Å²) < 4.78 is 2.02. The Balaban J connectivity index is 1.82. The molecular weight excluding hydrogens is 389 g/mol. The van der Waals surface area contributed by atoms with E-state index in [1.54, 1.807) is 17.8 Å². The lowest BCUT2D eigenvalue weighted by atomic mass is 10.1. The van der Waals surface area contributed by atoms with Crippen LogP contribution in [-0.4, -0.2) is 14.8 Å². The Morgan fingerprint density at radius 1 is 1.19 bits per heavy atom. The Morgan fingerprint density at radius 3 is 2.62 bits per heavy atom. The largest absolute Gasteiger partial charge is 0.271 e. The maximum Gasteiger partial charge on any atom is 0.271 e. The molecule has 1 aliphatic carbocycles. The van der Waals surface area contributed by atoms with Gasteiger partial charge in [-0.2, -0.15) is 0 Å². The molecule has 0 bridgehead atoms. The molecule has 1 fully saturated rings. The number of benzene rings is 1. The van der Waals surface area contributed by atoms with Gasteiger partial charge in [-0.3, -0.25) is 14.6 Å². The van der Waals surface area contributed by atoms with Gasteiger partial charge in [0.25, 0.3) is 5.56 Å². The van der Waals surface area contributed by atoms with Crippen LogP contribution in [0, 0.1) is 0 Å². The number of halogens is 2. The summed E-state index contributed by atoms with van der Waals surface area (Å²) in [5, 5.41) is 5.02. The van der Waals surface area contributed by atoms with Crippen LogP contribution in [0.3, 0.4) is 0 Å². The predicted molar refractivity (Wildman–Crippen MR) is 110 cm³/mol. The van der Waals surface area contributed by atoms with E-state index in [0.29, 0.717) is 21.7 Å². The van der Waals surface area contributed by atoms with E-state index in [0.717, 1.165) is 29.3 Å². The molecule has 4 rings (SSSR count). The van der Waals surface area contributed by atoms with E-state index in [1.807, 2.05) is 23.7 Å². The molecule has 4 nitrogen and oxygen atoms in total. The minimum atomic E-state index is -0.164. The molecule has 1 N–H and O–H groups in total. The predicted octanol–water partition coefficient (Wildman–Crippen LogP) is 6.26. The van der Waals surface area contributed by atoms with Crippen LogP contribution in [0.25, 0.3) is 0 Å². The van der Waals surface area contributed by atoms with Crippen molar-refractivity contribution in [2.75, 3.05) is 0 Å². The minimum Gasteiger partial charge on any atom is -0.268 e. The molecule has 2 aromatic rings. The van der Waals surface area contributed by atoms with Gasteiger partial charge in [0.1, 0.15) is 0 Å². The zero-order valence-electron chi connectivity index (χ0n) is 14.6. The van der Waals surface area contributed by atoms with Gasteiger partial charge in [-0.25, -0.2) is 4.99 Å². The van der Waals surface area contributed by atoms with Crippen molar-refractivity contribution in [3.05, 3.63) is 49.7 Å². The van der Waals surface area contributed by atoms with Crippen molar-refractivity contribution in [1.82, 2.24) is 9.78 Å². The van der Waals surface area contributed by atoms with Gasteiger partial charge in [-0.05, 0) is 37.5 Å². The molecule has 0 radical (unpaired) electrons. The molecule has 1 aliphatic heterocycles. The summed E-state index contributed by atoms with van der Waals surface area (Å²) in [7, 11) is 0. The van der Waals surface area contributed by atoms with E-state index in [9.17, 15) is 4.79 Å². The lowest BCUT2D eigenvalue weighted by Crippen LogP contribution is -2.14. The summed E-state index contributed by atoms with van der Waals surface area (Å²) >= 11 is 14.1. The van der Waals surface area contributed by atoms with Crippen LogP contribution in [0.5, 0.6) is 0 Å². The van der Waals surface area contributed by atoms with Crippen molar-refractivity contribution in [3.8, 4) is 0 Å². The van der Waals surface area contributed by atoms with E-state index in [-0.39, 0.29) is 10.8 Å². The molecule has 26 heavy (non-hydrogen) atoms. The van der Waals surface area contributed by atoms with Crippen LogP contribution in [0.1, 0.15) is 67.9 Å². The van der Waals surface area contributed by atoms with Gasteiger partial charge < -0.3 is 0 Å². The topological polar surface area (TPSA) is 50.1 Å². The lowest BCUT2D eigenvalue weighted by molar-refractivity contribution is 0.407. The van der Waals surface area contributed by atoms with E-state index < -0.39 is 0 Å². The fourth-order valence-corrected chi connectivity index (χ4v) is 5.65. The van der Waals surface area contributed by atoms with E-state index >= 15 is 0 Å². The van der Waals surface area contributed by atoms with Gasteiger partial charge >= 0.3 is 0 Å². The molecule has 0 saturated heterocycles. The molecule has 1 aromatic heterocycles. The molecule has 1 saturated carbocycles. The fourth-order valence-electron chi connectivity index (χ4n) is 3.92. The Bertz CT molecular complexity index is 910. The van der Waals surface area contributed by atoms with Crippen LogP contribution in [0.4, 0.5) is 5.82 Å². The molecule has 7 heteroatoms. The van der Waals surface area contributed by atoms with Gasteiger partial charge in [0.15, 0.2) is 5.82 Å². The highest BCUT2D eigenvalue weighted by molar-refractivity contribution is 8.14. The first kappa shape index (κ1) is 18.2. The second-order valence-corrected chi connectivity index (χ2v) is 9.13. The smallest absolute Gasteiger partial charge is 0.268 e. The first-order valence-corrected chi connectivity index (χ1v) is 10.7. The molecule has 0 unspecified atom stereocenters. The molecular formula is C19H21Cl2N3OS. The van der Waals surface area contributed by atoms with E-state index in [1.165, 1.54) is 25.7 Å². The van der Waals surface area contributed by atoms with Crippen LogP contribution < -0.4 is 5.56 Å². The van der Waals surface area contributed by atoms with Gasteiger partial charge in [0.2, 0.25) is 0 Å². The van der Waals surface area contributed by atoms with Crippen molar-refractivity contribution >= 4 is 45.8 Å². The summed E-state index contributed by atoms with van der Waals surface area (Å²) in [4.78, 5) is 17.6. The van der Waals surface area contributed by atoms with Crippen molar-refractivity contribution in [3.63, 3.8) is 0 Å². The summed E-state index contributed by atoms with van der Waals surface area (Å²) in [5.74, 6) is 0.772. The normalized spacial score (nSPS) is 21.2. The quantitative estimate of drug-likeness (QED) is 0.594. The second kappa shape index (κ2) is 7.45. The SMILES string of the molecule is CC1=Nc2c(c(=O)[nH]n2C2CCCCCC2)[C@H](c2ccc(Cl)cc2Cl)S1. The second-order valence-electron chi connectivity index (χ2n) is 6.99. The maximum absolute atomic E-state index is 12.9. The number of hydrogen-bond acceptors (Lipinski definition) is 3. The van der Waals surface area contributed by atoms with Gasteiger partial charge in [-0.15, -0.1) is 0 Å². The molecule has 1 atom stereocenters. The van der Waals surface area contributed by atoms with Crippen molar-refractivity contribution < 1.29 is 0 Å². The third-order valence-electron chi connectivity index (χ3n) is 5.18. The zero-order valence-corrected chi connectivity index (χ0v) is 16.9. The fraction of sp³-hybridized carbons (Fsp3) is 0.474. The van der Waals surface area contributed by atoms with Crippen LogP contribution >= 0.6 is 35.0 Å². The highest BCUT2D eigenvalue weighted by Gasteiger charge is 2.33. The number of nitrogens with zero attached hydrogens (tertiary/aromatic N) is 2.